The van der Waals surface area contributed by atoms with E-state index >= 15 is 0 Å². The van der Waals surface area contributed by atoms with Gasteiger partial charge in [0.2, 0.25) is 5.91 Å². The minimum Gasteiger partial charge on any atom is -0.313 e. The fourth-order valence-electron chi connectivity index (χ4n) is 1.95. The molecule has 0 radical (unpaired) electrons. The maximum atomic E-state index is 12.4. The van der Waals surface area contributed by atoms with Crippen molar-refractivity contribution >= 4 is 34.1 Å². The van der Waals surface area contributed by atoms with Gasteiger partial charge in [0.1, 0.15) is 5.00 Å². The summed E-state index contributed by atoms with van der Waals surface area (Å²) in [5, 5.41) is 4.87. The highest BCUT2D eigenvalue weighted by atomic mass is 32.1. The monoisotopic (exact) mass is 331 g/mol. The Morgan fingerprint density at radius 1 is 0.957 bits per heavy atom. The molecule has 0 aliphatic carbocycles. The number of rotatable bonds is 3. The van der Waals surface area contributed by atoms with Crippen LogP contribution >= 0.6 is 11.3 Å². The lowest BCUT2D eigenvalue weighted by Gasteiger charge is -2.09. The van der Waals surface area contributed by atoms with Crippen molar-refractivity contribution in [3.05, 3.63) is 51.9 Å². The number of benzene rings is 1. The molecule has 0 aliphatic rings. The third-order valence-electron chi connectivity index (χ3n) is 3.13. The second-order valence-corrected chi connectivity index (χ2v) is 5.99. The van der Waals surface area contributed by atoms with Crippen LogP contribution in [0.25, 0.3) is 0 Å². The van der Waals surface area contributed by atoms with E-state index in [0.717, 1.165) is 11.1 Å². The molecular weight excluding hydrogens is 314 g/mol. The highest BCUT2D eigenvalue weighted by Crippen LogP contribution is 2.24. The maximum Gasteiger partial charge on any atom is 0.272 e. The zero-order valence-electron chi connectivity index (χ0n) is 13.0. The van der Waals surface area contributed by atoms with Crippen molar-refractivity contribution in [3.8, 4) is 0 Å². The number of carbonyl (C=O) groups is 3. The number of nitrogens with one attached hydrogen (secondary N) is 3. The number of anilines is 1. The second-order valence-electron chi connectivity index (χ2n) is 5.07. The summed E-state index contributed by atoms with van der Waals surface area (Å²) in [6.45, 7) is 5.05. The Bertz CT molecular complexity index is 768. The molecular formula is C16H17N3O3S. The number of hydrazine groups is 1. The van der Waals surface area contributed by atoms with Crippen molar-refractivity contribution in [2.45, 2.75) is 20.8 Å². The lowest BCUT2D eigenvalue weighted by atomic mass is 10.1. The van der Waals surface area contributed by atoms with E-state index < -0.39 is 5.91 Å². The first-order valence-corrected chi connectivity index (χ1v) is 7.79. The number of aryl methyl sites for hydroxylation is 2. The van der Waals surface area contributed by atoms with Crippen molar-refractivity contribution in [2.75, 3.05) is 5.32 Å². The van der Waals surface area contributed by atoms with Gasteiger partial charge in [-0.05, 0) is 36.9 Å². The summed E-state index contributed by atoms with van der Waals surface area (Å²) >= 11 is 1.24. The molecule has 7 heteroatoms. The molecule has 23 heavy (non-hydrogen) atoms. The van der Waals surface area contributed by atoms with Crippen molar-refractivity contribution in [1.82, 2.24) is 10.9 Å². The van der Waals surface area contributed by atoms with Crippen LogP contribution in [0.3, 0.4) is 0 Å². The van der Waals surface area contributed by atoms with Crippen molar-refractivity contribution in [3.63, 3.8) is 0 Å². The van der Waals surface area contributed by atoms with Gasteiger partial charge in [-0.25, -0.2) is 0 Å². The summed E-state index contributed by atoms with van der Waals surface area (Å²) < 4.78 is 0. The Balaban J connectivity index is 2.16. The third-order valence-corrected chi connectivity index (χ3v) is 3.96. The van der Waals surface area contributed by atoms with Gasteiger partial charge in [-0.1, -0.05) is 17.7 Å². The van der Waals surface area contributed by atoms with Gasteiger partial charge >= 0.3 is 0 Å². The highest BCUT2D eigenvalue weighted by molar-refractivity contribution is 7.14. The first-order chi connectivity index (χ1) is 10.9. The first-order valence-electron chi connectivity index (χ1n) is 6.91. The Kier molecular flexibility index (Phi) is 5.13. The average molecular weight is 331 g/mol. The van der Waals surface area contributed by atoms with Gasteiger partial charge in [0, 0.05) is 12.5 Å². The fourth-order valence-corrected chi connectivity index (χ4v) is 2.73. The summed E-state index contributed by atoms with van der Waals surface area (Å²) in [5.41, 5.74) is 7.18. The second kappa shape index (κ2) is 7.06. The van der Waals surface area contributed by atoms with Gasteiger partial charge in [-0.3, -0.25) is 25.2 Å². The zero-order valence-corrected chi connectivity index (χ0v) is 13.8. The van der Waals surface area contributed by atoms with Crippen LogP contribution in [0.2, 0.25) is 0 Å². The number of amides is 3. The Morgan fingerprint density at radius 2 is 1.70 bits per heavy atom. The van der Waals surface area contributed by atoms with Crippen LogP contribution in [0.5, 0.6) is 0 Å². The van der Waals surface area contributed by atoms with Gasteiger partial charge in [0.05, 0.1) is 5.56 Å². The number of thiophene rings is 1. The Hall–Kier alpha value is -2.67. The van der Waals surface area contributed by atoms with Crippen molar-refractivity contribution < 1.29 is 14.4 Å². The van der Waals surface area contributed by atoms with Crippen LogP contribution in [0.4, 0.5) is 5.00 Å². The average Bonchev–Trinajstić information content (AvgIpc) is 2.95. The molecule has 0 unspecified atom stereocenters. The van der Waals surface area contributed by atoms with E-state index in [0.29, 0.717) is 16.1 Å². The quantitative estimate of drug-likeness (QED) is 0.755. The maximum absolute atomic E-state index is 12.4. The van der Waals surface area contributed by atoms with E-state index in [2.05, 4.69) is 16.2 Å². The van der Waals surface area contributed by atoms with Crippen LogP contribution < -0.4 is 16.2 Å². The van der Waals surface area contributed by atoms with Gasteiger partial charge in [-0.2, -0.15) is 0 Å². The minimum atomic E-state index is -0.488. The molecule has 6 nitrogen and oxygen atoms in total. The SMILES string of the molecule is CC(=O)NNC(=O)c1ccsc1NC(=O)c1cc(C)ccc1C. The number of hydrogen-bond donors (Lipinski definition) is 3. The lowest BCUT2D eigenvalue weighted by Crippen LogP contribution is -2.40. The summed E-state index contributed by atoms with van der Waals surface area (Å²) in [6, 6.07) is 7.20. The predicted octanol–water partition coefficient (Wildman–Crippen LogP) is 2.40. The molecule has 0 atom stereocenters. The van der Waals surface area contributed by atoms with Crippen LogP contribution in [-0.2, 0) is 4.79 Å². The molecule has 0 saturated heterocycles. The number of carbonyl (C=O) groups excluding carboxylic acids is 3. The summed E-state index contributed by atoms with van der Waals surface area (Å²) in [5.74, 6) is -1.14. The molecule has 0 saturated carbocycles. The zero-order chi connectivity index (χ0) is 17.0. The van der Waals surface area contributed by atoms with Gasteiger partial charge in [-0.15, -0.1) is 11.3 Å². The summed E-state index contributed by atoms with van der Waals surface area (Å²) in [6.07, 6.45) is 0. The Labute approximate surface area is 137 Å². The molecule has 0 spiro atoms. The normalized spacial score (nSPS) is 10.0. The van der Waals surface area contributed by atoms with Crippen LogP contribution in [-0.4, -0.2) is 17.7 Å². The van der Waals surface area contributed by atoms with Crippen LogP contribution in [0, 0.1) is 13.8 Å². The summed E-state index contributed by atoms with van der Waals surface area (Å²) in [4.78, 5) is 35.3. The first kappa shape index (κ1) is 16.7. The molecule has 1 aromatic carbocycles. The lowest BCUT2D eigenvalue weighted by molar-refractivity contribution is -0.119. The van der Waals surface area contributed by atoms with Crippen molar-refractivity contribution in [2.24, 2.45) is 0 Å². The molecule has 1 heterocycles. The standard InChI is InChI=1S/C16H17N3O3S/c1-9-4-5-10(2)13(8-9)14(21)17-16-12(6-7-23-16)15(22)19-18-11(3)20/h4-8H,1-3H3,(H,17,21)(H,18,20)(H,19,22). The largest absolute Gasteiger partial charge is 0.313 e. The third kappa shape index (κ3) is 4.17. The van der Waals surface area contributed by atoms with Gasteiger partial charge in [0.15, 0.2) is 0 Å². The fraction of sp³-hybridized carbons (Fsp3) is 0.188. The van der Waals surface area contributed by atoms with E-state index in [4.69, 9.17) is 0 Å². The van der Waals surface area contributed by atoms with Gasteiger partial charge in [0.25, 0.3) is 11.8 Å². The molecule has 0 aliphatic heterocycles. The molecule has 3 amide bonds. The minimum absolute atomic E-state index is 0.276. The topological polar surface area (TPSA) is 87.3 Å². The van der Waals surface area contributed by atoms with Crippen molar-refractivity contribution in [1.29, 1.82) is 0 Å². The molecule has 0 bridgehead atoms. The highest BCUT2D eigenvalue weighted by Gasteiger charge is 2.17. The van der Waals surface area contributed by atoms with Crippen LogP contribution in [0.1, 0.15) is 38.8 Å². The van der Waals surface area contributed by atoms with E-state index in [1.807, 2.05) is 26.0 Å². The van der Waals surface area contributed by atoms with E-state index in [1.54, 1.807) is 17.5 Å². The van der Waals surface area contributed by atoms with E-state index in [9.17, 15) is 14.4 Å². The molecule has 2 rings (SSSR count). The molecule has 3 N–H and O–H groups in total. The van der Waals surface area contributed by atoms with E-state index in [1.165, 1.54) is 18.3 Å². The molecule has 2 aromatic rings. The Morgan fingerprint density at radius 3 is 2.39 bits per heavy atom. The molecule has 0 fully saturated rings. The van der Waals surface area contributed by atoms with E-state index in [-0.39, 0.29) is 11.8 Å². The van der Waals surface area contributed by atoms with Gasteiger partial charge < -0.3 is 5.32 Å². The number of hydrogen-bond acceptors (Lipinski definition) is 4. The molecule has 120 valence electrons. The van der Waals surface area contributed by atoms with Crippen LogP contribution in [0.15, 0.2) is 29.6 Å². The summed E-state index contributed by atoms with van der Waals surface area (Å²) in [7, 11) is 0. The smallest absolute Gasteiger partial charge is 0.272 e. The predicted molar refractivity (Wildman–Crippen MR) is 89.5 cm³/mol. The molecule has 1 aromatic heterocycles.